The van der Waals surface area contributed by atoms with Crippen molar-refractivity contribution in [2.45, 2.75) is 23.8 Å². The van der Waals surface area contributed by atoms with E-state index in [1.807, 2.05) is 0 Å². The molecular formula is C15H8F7NO2S. The van der Waals surface area contributed by atoms with Gasteiger partial charge in [-0.2, -0.15) is 26.3 Å². The maximum Gasteiger partial charge on any atom is 0.416 e. The number of nitrogens with zero attached hydrogens (tertiary/aromatic N) is 1. The molecule has 0 spiro atoms. The third-order valence-electron chi connectivity index (χ3n) is 3.81. The molecule has 1 aliphatic heterocycles. The zero-order valence-corrected chi connectivity index (χ0v) is 13.3. The summed E-state index contributed by atoms with van der Waals surface area (Å²) in [6, 6.07) is 3.53. The number of hydrogen-bond acceptors (Lipinski definition) is 2. The van der Waals surface area contributed by atoms with Crippen LogP contribution in [0.4, 0.5) is 36.4 Å². The lowest BCUT2D eigenvalue weighted by Crippen LogP contribution is -2.25. The summed E-state index contributed by atoms with van der Waals surface area (Å²) in [6.07, 6.45) is -10.3. The molecule has 26 heavy (non-hydrogen) atoms. The zero-order chi connectivity index (χ0) is 19.5. The van der Waals surface area contributed by atoms with Crippen molar-refractivity contribution in [3.8, 4) is 0 Å². The van der Waals surface area contributed by atoms with Crippen LogP contribution in [-0.2, 0) is 28.9 Å². The number of halogens is 7. The Kier molecular flexibility index (Phi) is 3.98. The van der Waals surface area contributed by atoms with E-state index in [9.17, 15) is 39.2 Å². The molecule has 2 aromatic rings. The molecule has 0 aromatic heterocycles. The average Bonchev–Trinajstić information content (AvgIpc) is 2.78. The number of hydrogen-bond donors (Lipinski definition) is 0. The fourth-order valence-corrected chi connectivity index (χ4v) is 4.24. The minimum absolute atomic E-state index is 0.111. The molecule has 3 nitrogen and oxygen atoms in total. The first-order chi connectivity index (χ1) is 11.8. The van der Waals surface area contributed by atoms with Crippen LogP contribution in [0.15, 0.2) is 41.3 Å². The molecule has 0 saturated carbocycles. The summed E-state index contributed by atoms with van der Waals surface area (Å²) < 4.78 is 117. The molecule has 11 heteroatoms. The molecule has 0 amide bonds. The largest absolute Gasteiger partial charge is 0.416 e. The van der Waals surface area contributed by atoms with Crippen molar-refractivity contribution in [2.75, 3.05) is 4.31 Å². The van der Waals surface area contributed by atoms with Crippen LogP contribution in [0.1, 0.15) is 16.7 Å². The van der Waals surface area contributed by atoms with Crippen LogP contribution in [0, 0.1) is 5.82 Å². The molecule has 0 radical (unpaired) electrons. The first-order valence-electron chi connectivity index (χ1n) is 6.91. The van der Waals surface area contributed by atoms with Crippen LogP contribution in [-0.4, -0.2) is 8.42 Å². The molecule has 140 valence electrons. The molecule has 1 heterocycles. The Morgan fingerprint density at radius 3 is 1.88 bits per heavy atom. The van der Waals surface area contributed by atoms with Gasteiger partial charge < -0.3 is 0 Å². The molecule has 0 bridgehead atoms. The van der Waals surface area contributed by atoms with Crippen molar-refractivity contribution >= 4 is 15.7 Å². The van der Waals surface area contributed by atoms with Gasteiger partial charge in [-0.15, -0.1) is 0 Å². The Labute approximate surface area is 142 Å². The van der Waals surface area contributed by atoms with Gasteiger partial charge in [0.2, 0.25) is 0 Å². The van der Waals surface area contributed by atoms with Crippen molar-refractivity contribution in [3.63, 3.8) is 0 Å². The molecule has 0 saturated heterocycles. The molecule has 0 unspecified atom stereocenters. The quantitative estimate of drug-likeness (QED) is 0.659. The van der Waals surface area contributed by atoms with E-state index in [-0.39, 0.29) is 23.8 Å². The number of alkyl halides is 6. The highest BCUT2D eigenvalue weighted by atomic mass is 32.2. The van der Waals surface area contributed by atoms with Crippen molar-refractivity contribution < 1.29 is 39.2 Å². The minimum Gasteiger partial charge on any atom is -0.262 e. The van der Waals surface area contributed by atoms with Crippen LogP contribution in [0.5, 0.6) is 0 Å². The topological polar surface area (TPSA) is 37.4 Å². The average molecular weight is 399 g/mol. The van der Waals surface area contributed by atoms with E-state index >= 15 is 0 Å². The van der Waals surface area contributed by atoms with E-state index in [0.717, 1.165) is 18.2 Å². The van der Waals surface area contributed by atoms with Gasteiger partial charge in [0.15, 0.2) is 0 Å². The fourth-order valence-electron chi connectivity index (χ4n) is 2.59. The van der Waals surface area contributed by atoms with Gasteiger partial charge in [0, 0.05) is 5.56 Å². The number of rotatable bonds is 1. The van der Waals surface area contributed by atoms with Crippen LogP contribution in [0.2, 0.25) is 0 Å². The van der Waals surface area contributed by atoms with E-state index in [2.05, 4.69) is 0 Å². The summed E-state index contributed by atoms with van der Waals surface area (Å²) >= 11 is 0. The third-order valence-corrected chi connectivity index (χ3v) is 5.66. The number of anilines is 1. The molecule has 2 aromatic carbocycles. The number of benzene rings is 2. The first-order valence-corrected chi connectivity index (χ1v) is 8.35. The Bertz CT molecular complexity index is 948. The molecule has 1 aliphatic rings. The van der Waals surface area contributed by atoms with Crippen molar-refractivity contribution in [1.29, 1.82) is 0 Å². The summed E-state index contributed by atoms with van der Waals surface area (Å²) in [7, 11) is -4.49. The Morgan fingerprint density at radius 2 is 1.42 bits per heavy atom. The zero-order valence-electron chi connectivity index (χ0n) is 12.5. The molecule has 0 fully saturated rings. The lowest BCUT2D eigenvalue weighted by Gasteiger charge is -2.21. The highest BCUT2D eigenvalue weighted by molar-refractivity contribution is 7.93. The maximum atomic E-state index is 13.8. The van der Waals surface area contributed by atoms with Gasteiger partial charge >= 0.3 is 12.4 Å². The molecule has 0 atom stereocenters. The third kappa shape index (κ3) is 3.00. The molecular weight excluding hydrogens is 391 g/mol. The first kappa shape index (κ1) is 18.5. The minimum atomic E-state index is -5.13. The van der Waals surface area contributed by atoms with Gasteiger partial charge in [-0.3, -0.25) is 4.31 Å². The Morgan fingerprint density at radius 1 is 0.885 bits per heavy atom. The van der Waals surface area contributed by atoms with E-state index in [0.29, 0.717) is 4.31 Å². The van der Waals surface area contributed by atoms with Gasteiger partial charge in [-0.1, -0.05) is 6.07 Å². The van der Waals surface area contributed by atoms with Gasteiger partial charge in [-0.25, -0.2) is 12.8 Å². The van der Waals surface area contributed by atoms with E-state index in [1.54, 1.807) is 0 Å². The summed E-state index contributed by atoms with van der Waals surface area (Å²) in [4.78, 5) is -0.497. The second kappa shape index (κ2) is 5.60. The lowest BCUT2D eigenvalue weighted by atomic mass is 10.1. The van der Waals surface area contributed by atoms with Crippen molar-refractivity contribution in [3.05, 3.63) is 58.9 Å². The predicted molar refractivity (Wildman–Crippen MR) is 76.2 cm³/mol. The van der Waals surface area contributed by atoms with Crippen LogP contribution in [0.3, 0.4) is 0 Å². The van der Waals surface area contributed by atoms with Crippen molar-refractivity contribution in [1.82, 2.24) is 0 Å². The van der Waals surface area contributed by atoms with E-state index in [4.69, 9.17) is 0 Å². The van der Waals surface area contributed by atoms with Crippen molar-refractivity contribution in [2.24, 2.45) is 0 Å². The van der Waals surface area contributed by atoms with Gasteiger partial charge in [0.1, 0.15) is 5.82 Å². The van der Waals surface area contributed by atoms with Crippen LogP contribution in [0.25, 0.3) is 0 Å². The second-order valence-corrected chi connectivity index (χ2v) is 7.32. The van der Waals surface area contributed by atoms with Gasteiger partial charge in [0.25, 0.3) is 10.0 Å². The summed E-state index contributed by atoms with van der Waals surface area (Å²) in [6.45, 7) is -0.705. The SMILES string of the molecule is O=S1(=O)c2cccc(F)c2CN1c1cc(C(F)(F)F)cc(C(F)(F)F)c1. The second-order valence-electron chi connectivity index (χ2n) is 5.49. The molecule has 0 N–H and O–H groups in total. The summed E-state index contributed by atoms with van der Waals surface area (Å²) in [5, 5.41) is 0. The monoisotopic (exact) mass is 399 g/mol. The van der Waals surface area contributed by atoms with Gasteiger partial charge in [0.05, 0.1) is 28.3 Å². The number of sulfonamides is 1. The fraction of sp³-hybridized carbons (Fsp3) is 0.200. The molecule has 3 rings (SSSR count). The highest BCUT2D eigenvalue weighted by Crippen LogP contribution is 2.42. The number of fused-ring (bicyclic) bond motifs is 1. The van der Waals surface area contributed by atoms with Crippen LogP contribution >= 0.6 is 0 Å². The lowest BCUT2D eigenvalue weighted by molar-refractivity contribution is -0.143. The van der Waals surface area contributed by atoms with E-state index in [1.165, 1.54) is 0 Å². The highest BCUT2D eigenvalue weighted by Gasteiger charge is 2.41. The summed E-state index contributed by atoms with van der Waals surface area (Å²) in [5.74, 6) is -0.920. The van der Waals surface area contributed by atoms with E-state index < -0.39 is 56.4 Å². The molecule has 0 aliphatic carbocycles. The van der Waals surface area contributed by atoms with Gasteiger partial charge in [-0.05, 0) is 30.3 Å². The standard InChI is InChI=1S/C15H8F7NO2S/c16-12-2-1-3-13-11(12)7-23(26(13,24)25)10-5-8(14(17,18)19)4-9(6-10)15(20,21)22/h1-6H,7H2. The smallest absolute Gasteiger partial charge is 0.262 e. The van der Waals surface area contributed by atoms with Crippen LogP contribution < -0.4 is 4.31 Å². The Hall–Kier alpha value is -2.30. The maximum absolute atomic E-state index is 13.8. The summed E-state index contributed by atoms with van der Waals surface area (Å²) in [5.41, 5.74) is -4.48. The Balaban J connectivity index is 2.21. The normalized spacial score (nSPS) is 16.7. The predicted octanol–water partition coefficient (Wildman–Crippen LogP) is 4.57.